The zero-order valence-corrected chi connectivity index (χ0v) is 17.9. The summed E-state index contributed by atoms with van der Waals surface area (Å²) in [5.41, 5.74) is 2.50. The third kappa shape index (κ3) is 5.26. The third-order valence-electron chi connectivity index (χ3n) is 4.81. The second kappa shape index (κ2) is 8.69. The van der Waals surface area contributed by atoms with Gasteiger partial charge in [-0.05, 0) is 35.2 Å². The molecular weight excluding hydrogens is 390 g/mol. The van der Waals surface area contributed by atoms with Gasteiger partial charge in [0.2, 0.25) is 0 Å². The molecule has 3 rings (SSSR count). The molecule has 29 heavy (non-hydrogen) atoms. The van der Waals surface area contributed by atoms with Gasteiger partial charge in [-0.15, -0.1) is 4.72 Å². The Morgan fingerprint density at radius 2 is 1.76 bits per heavy atom. The minimum atomic E-state index is -1.24. The van der Waals surface area contributed by atoms with Crippen LogP contribution in [-0.4, -0.2) is 15.4 Å². The predicted molar refractivity (Wildman–Crippen MR) is 115 cm³/mol. The van der Waals surface area contributed by atoms with Crippen LogP contribution in [0.4, 0.5) is 8.78 Å². The fraction of sp³-hybridized carbons (Fsp3) is 0.304. The van der Waals surface area contributed by atoms with Crippen LogP contribution in [0.15, 0.2) is 60.8 Å². The molecule has 6 heteroatoms. The Hall–Kier alpha value is -2.15. The average molecular weight is 417 g/mol. The highest BCUT2D eigenvalue weighted by Gasteiger charge is 2.32. The van der Waals surface area contributed by atoms with Crippen LogP contribution in [0.3, 0.4) is 0 Å². The molecule has 2 atom stereocenters. The number of benzene rings is 2. The van der Waals surface area contributed by atoms with Gasteiger partial charge in [0.15, 0.2) is 0 Å². The van der Waals surface area contributed by atoms with Gasteiger partial charge in [-0.1, -0.05) is 51.1 Å². The lowest BCUT2D eigenvalue weighted by Crippen LogP contribution is -2.37. The molecule has 3 aromatic rings. The van der Waals surface area contributed by atoms with Crippen LogP contribution in [0.1, 0.15) is 38.1 Å². The zero-order valence-electron chi connectivity index (χ0n) is 17.1. The zero-order chi connectivity index (χ0) is 21.2. The van der Waals surface area contributed by atoms with Crippen molar-refractivity contribution in [1.82, 2.24) is 9.29 Å². The normalized spacial score (nSPS) is 14.0. The van der Waals surface area contributed by atoms with Crippen LogP contribution in [0, 0.1) is 17.0 Å². The summed E-state index contributed by atoms with van der Waals surface area (Å²) in [7, 11) is 0. The van der Waals surface area contributed by atoms with Gasteiger partial charge in [0, 0.05) is 40.9 Å². The topological polar surface area (TPSA) is 40.0 Å². The van der Waals surface area contributed by atoms with E-state index in [1.165, 1.54) is 6.07 Å². The van der Waals surface area contributed by atoms with Crippen LogP contribution in [-0.2, 0) is 17.9 Å². The molecule has 1 aromatic heterocycles. The summed E-state index contributed by atoms with van der Waals surface area (Å²) in [6, 6.07) is 15.0. The first kappa shape index (κ1) is 21.6. The number of nitrogens with zero attached hydrogens (tertiary/aromatic N) is 1. The summed E-state index contributed by atoms with van der Waals surface area (Å²) >= 11 is -1.24. The van der Waals surface area contributed by atoms with Crippen molar-refractivity contribution in [2.45, 2.75) is 33.4 Å². The third-order valence-corrected chi connectivity index (χ3v) is 5.38. The lowest BCUT2D eigenvalue weighted by Gasteiger charge is -2.31. The molecule has 0 bridgehead atoms. The van der Waals surface area contributed by atoms with Gasteiger partial charge >= 0.3 is 0 Å². The maximum Gasteiger partial charge on any atom is 0.131 e. The van der Waals surface area contributed by atoms with E-state index in [2.05, 4.69) is 25.5 Å². The molecule has 0 saturated heterocycles. The highest BCUT2D eigenvalue weighted by atomic mass is 32.2. The Labute approximate surface area is 174 Å². The molecule has 0 aliphatic carbocycles. The Kier molecular flexibility index (Phi) is 6.46. The average Bonchev–Trinajstić information content (AvgIpc) is 3.04. The van der Waals surface area contributed by atoms with Crippen molar-refractivity contribution in [2.24, 2.45) is 5.41 Å². The van der Waals surface area contributed by atoms with Gasteiger partial charge < -0.3 is 9.12 Å². The van der Waals surface area contributed by atoms with Gasteiger partial charge in [0.1, 0.15) is 17.9 Å². The second-order valence-electron chi connectivity index (χ2n) is 8.26. The molecule has 0 saturated carbocycles. The smallest absolute Gasteiger partial charge is 0.131 e. The molecule has 0 spiro atoms. The van der Waals surface area contributed by atoms with Gasteiger partial charge in [-0.3, -0.25) is 0 Å². The summed E-state index contributed by atoms with van der Waals surface area (Å²) in [5, 5.41) is 0. The second-order valence-corrected chi connectivity index (χ2v) is 9.41. The van der Waals surface area contributed by atoms with Crippen LogP contribution in [0.2, 0.25) is 0 Å². The van der Waals surface area contributed by atoms with Crippen molar-refractivity contribution >= 4 is 11.4 Å². The van der Waals surface area contributed by atoms with E-state index in [0.717, 1.165) is 23.4 Å². The molecule has 0 aliphatic heterocycles. The molecule has 1 unspecified atom stereocenters. The summed E-state index contributed by atoms with van der Waals surface area (Å²) in [6.45, 7) is 6.73. The van der Waals surface area contributed by atoms with Crippen LogP contribution < -0.4 is 4.72 Å². The Morgan fingerprint density at radius 1 is 1.07 bits per heavy atom. The van der Waals surface area contributed by atoms with Gasteiger partial charge in [0.25, 0.3) is 0 Å². The van der Waals surface area contributed by atoms with E-state index in [9.17, 15) is 13.3 Å². The molecule has 0 aliphatic rings. The first-order valence-electron chi connectivity index (χ1n) is 9.44. The minimum absolute atomic E-state index is 0.211. The Balaban J connectivity index is 2.13. The van der Waals surface area contributed by atoms with E-state index >= 15 is 0 Å². The van der Waals surface area contributed by atoms with Crippen molar-refractivity contribution in [1.29, 1.82) is 0 Å². The van der Waals surface area contributed by atoms with Crippen LogP contribution >= 0.6 is 0 Å². The molecule has 0 amide bonds. The number of hydrogen-bond acceptors (Lipinski definition) is 2. The van der Waals surface area contributed by atoms with E-state index in [0.29, 0.717) is 12.1 Å². The van der Waals surface area contributed by atoms with Gasteiger partial charge in [0.05, 0.1) is 6.04 Å². The first-order chi connectivity index (χ1) is 13.6. The number of halogens is 2. The van der Waals surface area contributed by atoms with Crippen LogP contribution in [0.25, 0.3) is 11.1 Å². The van der Waals surface area contributed by atoms with Crippen molar-refractivity contribution in [3.63, 3.8) is 0 Å². The summed E-state index contributed by atoms with van der Waals surface area (Å²) in [5.74, 6) is -0.965. The van der Waals surface area contributed by atoms with E-state index in [-0.39, 0.29) is 17.0 Å². The molecule has 0 radical (unpaired) electrons. The Bertz CT molecular complexity index is 965. The van der Waals surface area contributed by atoms with E-state index in [1.807, 2.05) is 47.2 Å². The van der Waals surface area contributed by atoms with E-state index in [1.54, 1.807) is 6.26 Å². The number of nitrogens with one attached hydrogen (secondary N) is 1. The molecule has 1 N–H and O–H groups in total. The maximum absolute atomic E-state index is 14.4. The molecule has 3 nitrogen and oxygen atoms in total. The molecular formula is C23H26F2N2OS. The van der Waals surface area contributed by atoms with Crippen molar-refractivity contribution in [2.75, 3.05) is 6.26 Å². The largest absolute Gasteiger partial charge is 0.598 e. The summed E-state index contributed by atoms with van der Waals surface area (Å²) in [6.07, 6.45) is 3.43. The predicted octanol–water partition coefficient (Wildman–Crippen LogP) is 5.45. The molecule has 2 aromatic carbocycles. The standard InChI is InChI=1S/C23H26F2N2OS/c1-23(2,3)22(26-29(4)28)21-12-17(19-13-18(24)10-11-20(19)25)15-27(21)14-16-8-6-5-7-9-16/h5-13,15,22,26H,14H2,1-4H3/t22-,29?/m0/s1. The van der Waals surface area contributed by atoms with E-state index in [4.69, 9.17) is 0 Å². The fourth-order valence-electron chi connectivity index (χ4n) is 3.40. The molecule has 0 fully saturated rings. The van der Waals surface area contributed by atoms with Crippen molar-refractivity contribution in [3.05, 3.63) is 83.7 Å². The number of hydrogen-bond donors (Lipinski definition) is 1. The Morgan fingerprint density at radius 3 is 2.38 bits per heavy atom. The lowest BCUT2D eigenvalue weighted by atomic mass is 9.85. The quantitative estimate of drug-likeness (QED) is 0.543. The highest BCUT2D eigenvalue weighted by Crippen LogP contribution is 2.37. The number of rotatable bonds is 6. The first-order valence-corrected chi connectivity index (χ1v) is 11.0. The van der Waals surface area contributed by atoms with Crippen LogP contribution in [0.5, 0.6) is 0 Å². The molecule has 154 valence electrons. The number of aromatic nitrogens is 1. The van der Waals surface area contributed by atoms with E-state index < -0.39 is 23.0 Å². The summed E-state index contributed by atoms with van der Waals surface area (Å²) < 4.78 is 45.4. The SMILES string of the molecule is C[S+]([O-])N[C@@H](c1cc(-c2cc(F)ccc2F)cn1Cc1ccccc1)C(C)(C)C. The van der Waals surface area contributed by atoms with Gasteiger partial charge in [-0.25, -0.2) is 8.78 Å². The lowest BCUT2D eigenvalue weighted by molar-refractivity contribution is 0.293. The molecule has 1 heterocycles. The van der Waals surface area contributed by atoms with Gasteiger partial charge in [-0.2, -0.15) is 0 Å². The van der Waals surface area contributed by atoms with Crippen molar-refractivity contribution in [3.8, 4) is 11.1 Å². The maximum atomic E-state index is 14.4. The highest BCUT2D eigenvalue weighted by molar-refractivity contribution is 7.88. The summed E-state index contributed by atoms with van der Waals surface area (Å²) in [4.78, 5) is 0. The van der Waals surface area contributed by atoms with Crippen molar-refractivity contribution < 1.29 is 13.3 Å². The monoisotopic (exact) mass is 416 g/mol. The minimum Gasteiger partial charge on any atom is -0.598 e. The fourth-order valence-corrected chi connectivity index (χ4v) is 4.21.